The molecule has 0 amide bonds. The Hall–Kier alpha value is -0.550. The van der Waals surface area contributed by atoms with Crippen molar-refractivity contribution in [2.75, 3.05) is 13.1 Å². The normalized spacial score (nSPS) is 36.2. The summed E-state index contributed by atoms with van der Waals surface area (Å²) in [4.78, 5) is 2.69. The quantitative estimate of drug-likeness (QED) is 0.750. The molecule has 0 radical (unpaired) electrons. The van der Waals surface area contributed by atoms with E-state index in [1.165, 1.54) is 64.5 Å². The summed E-state index contributed by atoms with van der Waals surface area (Å²) >= 11 is 0. The van der Waals surface area contributed by atoms with E-state index >= 15 is 0 Å². The van der Waals surface area contributed by atoms with Gasteiger partial charge in [0.25, 0.3) is 0 Å². The van der Waals surface area contributed by atoms with Gasteiger partial charge in [-0.2, -0.15) is 5.26 Å². The molecule has 1 aliphatic heterocycles. The average Bonchev–Trinajstić information content (AvgIpc) is 2.73. The van der Waals surface area contributed by atoms with Crippen molar-refractivity contribution < 1.29 is 0 Å². The van der Waals surface area contributed by atoms with Crippen LogP contribution in [0, 0.1) is 29.1 Å². The number of nitrogens with zero attached hydrogens (tertiary/aromatic N) is 2. The lowest BCUT2D eigenvalue weighted by molar-refractivity contribution is 0.0999. The molecule has 1 saturated heterocycles. The Morgan fingerprint density at radius 1 is 1.05 bits per heavy atom. The molecule has 114 valence electrons. The predicted molar refractivity (Wildman–Crippen MR) is 84.3 cm³/mol. The molecule has 4 atom stereocenters. The van der Waals surface area contributed by atoms with E-state index in [0.717, 1.165) is 18.3 Å². The van der Waals surface area contributed by atoms with E-state index < -0.39 is 0 Å². The van der Waals surface area contributed by atoms with Crippen LogP contribution in [-0.4, -0.2) is 24.0 Å². The maximum Gasteiger partial charge on any atom is 0.0672 e. The van der Waals surface area contributed by atoms with E-state index in [1.54, 1.807) is 0 Å². The van der Waals surface area contributed by atoms with E-state index in [9.17, 15) is 5.26 Å². The first kappa shape index (κ1) is 15.8. The van der Waals surface area contributed by atoms with Gasteiger partial charge in [0.2, 0.25) is 0 Å². The SMILES string of the molecule is CCCC1CCC(C#N)C(N2CCCC(CC)CC2)C1. The van der Waals surface area contributed by atoms with Crippen molar-refractivity contribution in [2.45, 2.75) is 77.7 Å². The molecule has 1 aliphatic carbocycles. The summed E-state index contributed by atoms with van der Waals surface area (Å²) in [5.41, 5.74) is 0. The Morgan fingerprint density at radius 3 is 2.60 bits per heavy atom. The van der Waals surface area contributed by atoms with Crippen LogP contribution in [0.1, 0.15) is 71.6 Å². The summed E-state index contributed by atoms with van der Waals surface area (Å²) in [6, 6.07) is 3.17. The summed E-state index contributed by atoms with van der Waals surface area (Å²) in [6.45, 7) is 7.10. The average molecular weight is 276 g/mol. The third-order valence-electron chi connectivity index (χ3n) is 5.72. The van der Waals surface area contributed by atoms with Crippen molar-refractivity contribution in [1.29, 1.82) is 5.26 Å². The highest BCUT2D eigenvalue weighted by atomic mass is 15.2. The van der Waals surface area contributed by atoms with E-state index in [4.69, 9.17) is 0 Å². The van der Waals surface area contributed by atoms with Gasteiger partial charge in [-0.15, -0.1) is 0 Å². The van der Waals surface area contributed by atoms with Crippen molar-refractivity contribution in [1.82, 2.24) is 4.90 Å². The Morgan fingerprint density at radius 2 is 1.90 bits per heavy atom. The minimum Gasteiger partial charge on any atom is -0.299 e. The first-order chi connectivity index (χ1) is 9.78. The highest BCUT2D eigenvalue weighted by molar-refractivity contribution is 4.98. The van der Waals surface area contributed by atoms with Gasteiger partial charge in [-0.3, -0.25) is 4.90 Å². The summed E-state index contributed by atoms with van der Waals surface area (Å²) < 4.78 is 0. The molecule has 1 heterocycles. The second kappa shape index (κ2) is 8.03. The monoisotopic (exact) mass is 276 g/mol. The zero-order valence-corrected chi connectivity index (χ0v) is 13.5. The maximum atomic E-state index is 9.50. The van der Waals surface area contributed by atoms with Crippen molar-refractivity contribution in [3.8, 4) is 6.07 Å². The van der Waals surface area contributed by atoms with Gasteiger partial charge in [0.05, 0.1) is 12.0 Å². The highest BCUT2D eigenvalue weighted by Gasteiger charge is 2.34. The van der Waals surface area contributed by atoms with Gasteiger partial charge in [-0.05, 0) is 63.5 Å². The van der Waals surface area contributed by atoms with Crippen LogP contribution >= 0.6 is 0 Å². The molecule has 4 unspecified atom stereocenters. The molecule has 0 aromatic carbocycles. The molecule has 0 aromatic heterocycles. The Balaban J connectivity index is 1.97. The fraction of sp³-hybridized carbons (Fsp3) is 0.944. The number of rotatable bonds is 4. The van der Waals surface area contributed by atoms with E-state index in [0.29, 0.717) is 12.0 Å². The summed E-state index contributed by atoms with van der Waals surface area (Å²) in [6.07, 6.45) is 11.8. The zero-order chi connectivity index (χ0) is 14.4. The van der Waals surface area contributed by atoms with Crippen molar-refractivity contribution in [3.05, 3.63) is 0 Å². The highest BCUT2D eigenvalue weighted by Crippen LogP contribution is 2.36. The molecule has 0 spiro atoms. The van der Waals surface area contributed by atoms with Crippen molar-refractivity contribution in [3.63, 3.8) is 0 Å². The van der Waals surface area contributed by atoms with Crippen LogP contribution in [0.3, 0.4) is 0 Å². The Labute approximate surface area is 125 Å². The molecule has 2 aliphatic rings. The lowest BCUT2D eigenvalue weighted by Crippen LogP contribution is -2.44. The van der Waals surface area contributed by atoms with Crippen LogP contribution < -0.4 is 0 Å². The lowest BCUT2D eigenvalue weighted by atomic mass is 9.76. The second-order valence-electron chi connectivity index (χ2n) is 7.01. The number of hydrogen-bond donors (Lipinski definition) is 0. The van der Waals surface area contributed by atoms with Gasteiger partial charge in [0.15, 0.2) is 0 Å². The summed E-state index contributed by atoms with van der Waals surface area (Å²) in [5, 5.41) is 9.50. The van der Waals surface area contributed by atoms with Crippen molar-refractivity contribution >= 4 is 0 Å². The third kappa shape index (κ3) is 3.98. The molecule has 1 saturated carbocycles. The number of hydrogen-bond acceptors (Lipinski definition) is 2. The molecule has 2 nitrogen and oxygen atoms in total. The Kier molecular flexibility index (Phi) is 6.36. The molecule has 2 rings (SSSR count). The topological polar surface area (TPSA) is 27.0 Å². The van der Waals surface area contributed by atoms with E-state index in [-0.39, 0.29) is 0 Å². The van der Waals surface area contributed by atoms with E-state index in [1.807, 2.05) is 0 Å². The molecule has 2 fully saturated rings. The fourth-order valence-electron chi connectivity index (χ4n) is 4.38. The van der Waals surface area contributed by atoms with Crippen LogP contribution in [0.4, 0.5) is 0 Å². The zero-order valence-electron chi connectivity index (χ0n) is 13.5. The van der Waals surface area contributed by atoms with Crippen LogP contribution in [0.2, 0.25) is 0 Å². The largest absolute Gasteiger partial charge is 0.299 e. The smallest absolute Gasteiger partial charge is 0.0672 e. The fourth-order valence-corrected chi connectivity index (χ4v) is 4.38. The van der Waals surface area contributed by atoms with Gasteiger partial charge < -0.3 is 0 Å². The van der Waals surface area contributed by atoms with Gasteiger partial charge >= 0.3 is 0 Å². The molecule has 2 heteroatoms. The molecular formula is C18H32N2. The van der Waals surface area contributed by atoms with Gasteiger partial charge in [0.1, 0.15) is 0 Å². The standard InChI is InChI=1S/C18H32N2/c1-3-6-16-8-9-17(14-19)18(13-16)20-11-5-7-15(4-2)10-12-20/h15-18H,3-13H2,1-2H3. The molecule has 0 bridgehead atoms. The van der Waals surface area contributed by atoms with Gasteiger partial charge in [0, 0.05) is 6.04 Å². The summed E-state index contributed by atoms with van der Waals surface area (Å²) in [7, 11) is 0. The Bertz CT molecular complexity index is 320. The predicted octanol–water partition coefficient (Wildman–Crippen LogP) is 4.61. The van der Waals surface area contributed by atoms with Crippen LogP contribution in [0.5, 0.6) is 0 Å². The summed E-state index contributed by atoms with van der Waals surface area (Å²) in [5.74, 6) is 2.09. The van der Waals surface area contributed by atoms with Crippen molar-refractivity contribution in [2.24, 2.45) is 17.8 Å². The maximum absolute atomic E-state index is 9.50. The van der Waals surface area contributed by atoms with Crippen LogP contribution in [0.25, 0.3) is 0 Å². The van der Waals surface area contributed by atoms with E-state index in [2.05, 4.69) is 24.8 Å². The number of nitriles is 1. The minimum atomic E-state index is 0.293. The van der Waals surface area contributed by atoms with Crippen LogP contribution in [0.15, 0.2) is 0 Å². The lowest BCUT2D eigenvalue weighted by Gasteiger charge is -2.40. The minimum absolute atomic E-state index is 0.293. The first-order valence-corrected chi connectivity index (χ1v) is 8.92. The number of likely N-dealkylation sites (tertiary alicyclic amines) is 1. The third-order valence-corrected chi connectivity index (χ3v) is 5.72. The molecular weight excluding hydrogens is 244 g/mol. The molecule has 0 N–H and O–H groups in total. The van der Waals surface area contributed by atoms with Gasteiger partial charge in [-0.1, -0.05) is 33.1 Å². The second-order valence-corrected chi connectivity index (χ2v) is 7.01. The van der Waals surface area contributed by atoms with Gasteiger partial charge in [-0.25, -0.2) is 0 Å². The van der Waals surface area contributed by atoms with Crippen LogP contribution in [-0.2, 0) is 0 Å². The molecule has 20 heavy (non-hydrogen) atoms. The molecule has 0 aromatic rings. The first-order valence-electron chi connectivity index (χ1n) is 8.92.